The van der Waals surface area contributed by atoms with E-state index in [0.29, 0.717) is 17.4 Å². The zero-order valence-electron chi connectivity index (χ0n) is 13.3. The minimum absolute atomic E-state index is 0.216. The van der Waals surface area contributed by atoms with Crippen molar-refractivity contribution < 1.29 is 9.32 Å². The zero-order chi connectivity index (χ0) is 16.1. The third kappa shape index (κ3) is 3.91. The lowest BCUT2D eigenvalue weighted by Gasteiger charge is -2.17. The molecule has 1 fully saturated rings. The van der Waals surface area contributed by atoms with E-state index in [4.69, 9.17) is 4.52 Å². The van der Waals surface area contributed by atoms with E-state index in [1.807, 2.05) is 6.92 Å². The molecule has 1 amide bonds. The predicted molar refractivity (Wildman–Crippen MR) is 82.7 cm³/mol. The van der Waals surface area contributed by atoms with Gasteiger partial charge in [0.1, 0.15) is 5.82 Å². The fraction of sp³-hybridized carbons (Fsp3) is 0.562. The Morgan fingerprint density at radius 1 is 1.26 bits per heavy atom. The summed E-state index contributed by atoms with van der Waals surface area (Å²) < 4.78 is 5.23. The Hall–Kier alpha value is -2.31. The molecule has 7 heteroatoms. The van der Waals surface area contributed by atoms with E-state index >= 15 is 0 Å². The van der Waals surface area contributed by atoms with Crippen molar-refractivity contribution in [2.75, 3.05) is 0 Å². The summed E-state index contributed by atoms with van der Waals surface area (Å²) in [7, 11) is 0. The average molecular weight is 315 g/mol. The van der Waals surface area contributed by atoms with Crippen LogP contribution in [0.5, 0.6) is 0 Å². The molecular formula is C16H21N5O2. The van der Waals surface area contributed by atoms with Crippen molar-refractivity contribution in [2.24, 2.45) is 0 Å². The summed E-state index contributed by atoms with van der Waals surface area (Å²) >= 11 is 0. The van der Waals surface area contributed by atoms with Crippen molar-refractivity contribution in [3.05, 3.63) is 35.5 Å². The number of nitrogens with zero attached hydrogens (tertiary/aromatic N) is 4. The molecule has 1 aliphatic rings. The Balaban J connectivity index is 1.55. The van der Waals surface area contributed by atoms with E-state index < -0.39 is 0 Å². The number of nitrogens with one attached hydrogen (secondary N) is 1. The molecule has 3 rings (SSSR count). The molecule has 7 nitrogen and oxygen atoms in total. The van der Waals surface area contributed by atoms with Gasteiger partial charge in [0.2, 0.25) is 5.89 Å². The lowest BCUT2D eigenvalue weighted by Crippen LogP contribution is -2.23. The minimum Gasteiger partial charge on any atom is -0.343 e. The highest BCUT2D eigenvalue weighted by Crippen LogP contribution is 2.30. The Labute approximate surface area is 134 Å². The summed E-state index contributed by atoms with van der Waals surface area (Å²) in [4.78, 5) is 24.7. The molecule has 1 N–H and O–H groups in total. The number of hydrogen-bond donors (Lipinski definition) is 1. The number of amides is 1. The van der Waals surface area contributed by atoms with Crippen LogP contribution in [0.4, 0.5) is 0 Å². The van der Waals surface area contributed by atoms with Crippen LogP contribution in [0.15, 0.2) is 16.9 Å². The molecule has 2 heterocycles. The molecule has 0 aromatic carbocycles. The molecule has 122 valence electrons. The highest BCUT2D eigenvalue weighted by atomic mass is 16.5. The van der Waals surface area contributed by atoms with Gasteiger partial charge < -0.3 is 9.84 Å². The number of hydrogen-bond acceptors (Lipinski definition) is 6. The highest BCUT2D eigenvalue weighted by Gasteiger charge is 2.21. The summed E-state index contributed by atoms with van der Waals surface area (Å²) in [5, 5.41) is 6.80. The molecule has 23 heavy (non-hydrogen) atoms. The van der Waals surface area contributed by atoms with Crippen molar-refractivity contribution >= 4 is 5.91 Å². The number of carbonyl (C=O) groups excluding carboxylic acids is 1. The molecule has 0 unspecified atom stereocenters. The smallest absolute Gasteiger partial charge is 0.254 e. The third-order valence-corrected chi connectivity index (χ3v) is 4.14. The monoisotopic (exact) mass is 315 g/mol. The topological polar surface area (TPSA) is 93.8 Å². The molecular weight excluding hydrogens is 294 g/mol. The van der Waals surface area contributed by atoms with Crippen LogP contribution in [0.1, 0.15) is 72.8 Å². The second kappa shape index (κ2) is 7.30. The van der Waals surface area contributed by atoms with Crippen LogP contribution in [-0.4, -0.2) is 26.0 Å². The number of rotatable bonds is 5. The van der Waals surface area contributed by atoms with Gasteiger partial charge in [-0.3, -0.25) is 4.79 Å². The van der Waals surface area contributed by atoms with Crippen LogP contribution in [0, 0.1) is 0 Å². The van der Waals surface area contributed by atoms with Crippen molar-refractivity contribution in [1.82, 2.24) is 25.4 Å². The maximum absolute atomic E-state index is 12.0. The Morgan fingerprint density at radius 2 is 2.00 bits per heavy atom. The second-order valence-corrected chi connectivity index (χ2v) is 5.81. The fourth-order valence-corrected chi connectivity index (χ4v) is 2.78. The van der Waals surface area contributed by atoms with E-state index in [0.717, 1.165) is 30.9 Å². The molecule has 2 aromatic rings. The van der Waals surface area contributed by atoms with Gasteiger partial charge in [-0.15, -0.1) is 0 Å². The minimum atomic E-state index is -0.245. The van der Waals surface area contributed by atoms with E-state index in [1.54, 1.807) is 0 Å². The number of carbonyl (C=O) groups is 1. The summed E-state index contributed by atoms with van der Waals surface area (Å²) in [6.45, 7) is 2.18. The third-order valence-electron chi connectivity index (χ3n) is 4.14. The molecule has 0 atom stereocenters. The first-order chi connectivity index (χ1) is 11.3. The van der Waals surface area contributed by atoms with Gasteiger partial charge in [-0.1, -0.05) is 31.3 Å². The van der Waals surface area contributed by atoms with Gasteiger partial charge in [0, 0.05) is 24.7 Å². The van der Waals surface area contributed by atoms with Crippen LogP contribution >= 0.6 is 0 Å². The number of aromatic nitrogens is 4. The van der Waals surface area contributed by atoms with Crippen LogP contribution in [-0.2, 0) is 13.0 Å². The maximum atomic E-state index is 12.0. The second-order valence-electron chi connectivity index (χ2n) is 5.81. The van der Waals surface area contributed by atoms with E-state index in [9.17, 15) is 4.79 Å². The molecule has 0 spiro atoms. The molecule has 1 aliphatic carbocycles. The van der Waals surface area contributed by atoms with E-state index in [-0.39, 0.29) is 12.5 Å². The lowest BCUT2D eigenvalue weighted by atomic mass is 9.89. The SMILES string of the molecule is CCc1ncc(C(=O)NCc2nc(C3CCCCC3)no2)cn1. The van der Waals surface area contributed by atoms with Crippen molar-refractivity contribution in [1.29, 1.82) is 0 Å². The highest BCUT2D eigenvalue weighted by molar-refractivity contribution is 5.93. The van der Waals surface area contributed by atoms with Crippen LogP contribution in [0.3, 0.4) is 0 Å². The van der Waals surface area contributed by atoms with Gasteiger partial charge in [0.15, 0.2) is 5.82 Å². The maximum Gasteiger partial charge on any atom is 0.254 e. The molecule has 0 aliphatic heterocycles. The van der Waals surface area contributed by atoms with Gasteiger partial charge in [-0.05, 0) is 12.8 Å². The van der Waals surface area contributed by atoms with E-state index in [2.05, 4.69) is 25.4 Å². The lowest BCUT2D eigenvalue weighted by molar-refractivity contribution is 0.0945. The average Bonchev–Trinajstić information content (AvgIpc) is 3.09. The summed E-state index contributed by atoms with van der Waals surface area (Å²) in [5.74, 6) is 2.07. The zero-order valence-corrected chi connectivity index (χ0v) is 13.3. The first-order valence-corrected chi connectivity index (χ1v) is 8.18. The fourth-order valence-electron chi connectivity index (χ4n) is 2.78. The first-order valence-electron chi connectivity index (χ1n) is 8.18. The number of aryl methyl sites for hydroxylation is 1. The summed E-state index contributed by atoms with van der Waals surface area (Å²) in [6, 6.07) is 0. The van der Waals surface area contributed by atoms with Crippen LogP contribution in [0.25, 0.3) is 0 Å². The molecule has 0 saturated heterocycles. The van der Waals surface area contributed by atoms with Crippen molar-refractivity contribution in [2.45, 2.75) is 57.9 Å². The van der Waals surface area contributed by atoms with E-state index in [1.165, 1.54) is 31.7 Å². The van der Waals surface area contributed by atoms with Crippen molar-refractivity contribution in [3.8, 4) is 0 Å². The van der Waals surface area contributed by atoms with Crippen LogP contribution < -0.4 is 5.32 Å². The van der Waals surface area contributed by atoms with Gasteiger partial charge in [0.05, 0.1) is 12.1 Å². The molecule has 2 aromatic heterocycles. The summed E-state index contributed by atoms with van der Waals surface area (Å²) in [6.07, 6.45) is 9.77. The molecule has 1 saturated carbocycles. The first kappa shape index (κ1) is 15.6. The van der Waals surface area contributed by atoms with Gasteiger partial charge in [-0.2, -0.15) is 4.98 Å². The standard InChI is InChI=1S/C16H21N5O2/c1-2-13-17-8-12(9-18-13)16(22)19-10-14-20-15(21-23-14)11-6-4-3-5-7-11/h8-9,11H,2-7,10H2,1H3,(H,19,22). The largest absolute Gasteiger partial charge is 0.343 e. The van der Waals surface area contributed by atoms with Gasteiger partial charge in [0.25, 0.3) is 5.91 Å². The Bertz CT molecular complexity index is 647. The summed E-state index contributed by atoms with van der Waals surface area (Å²) in [5.41, 5.74) is 0.425. The molecule has 0 bridgehead atoms. The quantitative estimate of drug-likeness (QED) is 0.910. The Kier molecular flexibility index (Phi) is 4.95. The van der Waals surface area contributed by atoms with Crippen LogP contribution in [0.2, 0.25) is 0 Å². The van der Waals surface area contributed by atoms with Crippen molar-refractivity contribution in [3.63, 3.8) is 0 Å². The normalized spacial score (nSPS) is 15.5. The van der Waals surface area contributed by atoms with Gasteiger partial charge in [-0.25, -0.2) is 9.97 Å². The predicted octanol–water partition coefficient (Wildman–Crippen LogP) is 2.40. The Morgan fingerprint density at radius 3 is 2.70 bits per heavy atom. The van der Waals surface area contributed by atoms with Gasteiger partial charge >= 0.3 is 0 Å². The molecule has 0 radical (unpaired) electrons.